The minimum atomic E-state index is -1.05. The van der Waals surface area contributed by atoms with Gasteiger partial charge in [0.15, 0.2) is 0 Å². The van der Waals surface area contributed by atoms with Crippen molar-refractivity contribution < 1.29 is 19.6 Å². The van der Waals surface area contributed by atoms with Crippen LogP contribution in [0.2, 0.25) is 0 Å². The number of nitro groups is 1. The van der Waals surface area contributed by atoms with Gasteiger partial charge in [-0.15, -0.1) is 0 Å². The number of pyridine rings is 1. The Balaban J connectivity index is 1.82. The Bertz CT molecular complexity index is 1110. The Hall–Kier alpha value is -3.88. The van der Waals surface area contributed by atoms with Crippen molar-refractivity contribution in [1.82, 2.24) is 9.88 Å². The quantitative estimate of drug-likeness (QED) is 0.379. The second kappa shape index (κ2) is 9.51. The molecule has 9 heteroatoms. The maximum Gasteiger partial charge on any atom is 0.407 e. The molecule has 0 radical (unpaired) electrons. The molecular formula is C23H26N4O5. The van der Waals surface area contributed by atoms with Crippen LogP contribution in [-0.4, -0.2) is 44.6 Å². The van der Waals surface area contributed by atoms with Gasteiger partial charge in [0.1, 0.15) is 24.2 Å². The average molecular weight is 438 g/mol. The Morgan fingerprint density at radius 2 is 1.94 bits per heavy atom. The van der Waals surface area contributed by atoms with E-state index < -0.39 is 16.6 Å². The van der Waals surface area contributed by atoms with Crippen molar-refractivity contribution in [2.45, 2.75) is 32.9 Å². The number of amides is 1. The van der Waals surface area contributed by atoms with Crippen LogP contribution < -0.4 is 10.1 Å². The van der Waals surface area contributed by atoms with Crippen LogP contribution in [0, 0.1) is 10.1 Å². The number of rotatable bonds is 8. The summed E-state index contributed by atoms with van der Waals surface area (Å²) in [6.07, 6.45) is 0.151. The molecule has 0 spiro atoms. The Morgan fingerprint density at radius 3 is 2.56 bits per heavy atom. The largest absolute Gasteiger partial charge is 0.489 e. The molecule has 2 N–H and O–H groups in total. The van der Waals surface area contributed by atoms with Gasteiger partial charge in [-0.1, -0.05) is 30.3 Å². The van der Waals surface area contributed by atoms with E-state index in [0.717, 1.165) is 5.56 Å². The highest BCUT2D eigenvalue weighted by molar-refractivity contribution is 5.96. The van der Waals surface area contributed by atoms with E-state index in [1.165, 1.54) is 11.1 Å². The molecule has 0 aliphatic rings. The fourth-order valence-corrected chi connectivity index (χ4v) is 3.33. The molecule has 1 heterocycles. The van der Waals surface area contributed by atoms with Crippen molar-refractivity contribution in [2.75, 3.05) is 18.4 Å². The van der Waals surface area contributed by atoms with E-state index in [4.69, 9.17) is 4.74 Å². The molecule has 0 fully saturated rings. The van der Waals surface area contributed by atoms with Gasteiger partial charge in [-0.3, -0.25) is 10.1 Å². The lowest BCUT2D eigenvalue weighted by molar-refractivity contribution is -0.384. The molecule has 2 aromatic carbocycles. The van der Waals surface area contributed by atoms with Gasteiger partial charge in [0.05, 0.1) is 10.4 Å². The zero-order chi connectivity index (χ0) is 23.3. The standard InChI is InChI=1S/C23H26N4O5/c1-23(2,3)26(22(28)29)12-11-24-21-18-10-9-17(32-15-16-7-5-4-6-8-16)13-19(18)25-14-20(21)27(30)31/h4-10,13-14H,11-12,15H2,1-3H3,(H,24,25)(H,28,29). The smallest absolute Gasteiger partial charge is 0.407 e. The number of hydrogen-bond donors (Lipinski definition) is 2. The van der Waals surface area contributed by atoms with Crippen LogP contribution in [0.25, 0.3) is 10.9 Å². The minimum Gasteiger partial charge on any atom is -0.489 e. The molecule has 3 rings (SSSR count). The SMILES string of the molecule is CC(C)(C)N(CCNc1c([N+](=O)[O-])cnc2cc(OCc3ccccc3)ccc12)C(=O)O. The molecule has 1 aromatic heterocycles. The third-order valence-electron chi connectivity index (χ3n) is 4.94. The number of ether oxygens (including phenoxy) is 1. The molecule has 0 bridgehead atoms. The molecule has 32 heavy (non-hydrogen) atoms. The summed E-state index contributed by atoms with van der Waals surface area (Å²) in [6.45, 7) is 6.14. The topological polar surface area (TPSA) is 118 Å². The zero-order valence-electron chi connectivity index (χ0n) is 18.2. The normalized spacial score (nSPS) is 11.2. The maximum atomic E-state index is 11.6. The van der Waals surface area contributed by atoms with Crippen LogP contribution in [0.15, 0.2) is 54.7 Å². The van der Waals surface area contributed by atoms with Crippen molar-refractivity contribution in [3.63, 3.8) is 0 Å². The number of benzene rings is 2. The van der Waals surface area contributed by atoms with Crippen molar-refractivity contribution in [1.29, 1.82) is 0 Å². The highest BCUT2D eigenvalue weighted by Gasteiger charge is 2.26. The molecule has 168 valence electrons. The third-order valence-corrected chi connectivity index (χ3v) is 4.94. The van der Waals surface area contributed by atoms with Gasteiger partial charge in [-0.2, -0.15) is 0 Å². The minimum absolute atomic E-state index is 0.165. The van der Waals surface area contributed by atoms with E-state index in [0.29, 0.717) is 28.9 Å². The Morgan fingerprint density at radius 1 is 1.22 bits per heavy atom. The lowest BCUT2D eigenvalue weighted by Crippen LogP contribution is -2.47. The molecule has 0 atom stereocenters. The van der Waals surface area contributed by atoms with Gasteiger partial charge < -0.3 is 20.1 Å². The van der Waals surface area contributed by atoms with E-state index >= 15 is 0 Å². The Kier molecular flexibility index (Phi) is 6.77. The summed E-state index contributed by atoms with van der Waals surface area (Å²) in [5.74, 6) is 0.596. The van der Waals surface area contributed by atoms with Crippen molar-refractivity contribution in [2.24, 2.45) is 0 Å². The van der Waals surface area contributed by atoms with Gasteiger partial charge in [0.2, 0.25) is 0 Å². The number of nitrogens with one attached hydrogen (secondary N) is 1. The fraction of sp³-hybridized carbons (Fsp3) is 0.304. The molecule has 1 amide bonds. The number of aromatic nitrogens is 1. The summed E-state index contributed by atoms with van der Waals surface area (Å²) in [6, 6.07) is 14.9. The summed E-state index contributed by atoms with van der Waals surface area (Å²) in [5.41, 5.74) is 1.09. The Labute approximate surface area is 185 Å². The third kappa shape index (κ3) is 5.42. The number of carbonyl (C=O) groups is 1. The molecular weight excluding hydrogens is 412 g/mol. The first-order chi connectivity index (χ1) is 15.2. The van der Waals surface area contributed by atoms with Crippen LogP contribution in [-0.2, 0) is 6.61 Å². The molecule has 0 saturated heterocycles. The van der Waals surface area contributed by atoms with Crippen molar-refractivity contribution in [3.05, 3.63) is 70.4 Å². The van der Waals surface area contributed by atoms with Crippen molar-refractivity contribution in [3.8, 4) is 5.75 Å². The first kappa shape index (κ1) is 22.8. The summed E-state index contributed by atoms with van der Waals surface area (Å²) < 4.78 is 5.83. The van der Waals surface area contributed by atoms with Gasteiger partial charge in [0, 0.05) is 30.1 Å². The highest BCUT2D eigenvalue weighted by atomic mass is 16.6. The van der Waals surface area contributed by atoms with E-state index in [9.17, 15) is 20.0 Å². The molecule has 9 nitrogen and oxygen atoms in total. The number of carboxylic acid groups (broad SMARTS) is 1. The predicted molar refractivity (Wildman–Crippen MR) is 122 cm³/mol. The van der Waals surface area contributed by atoms with Crippen LogP contribution >= 0.6 is 0 Å². The predicted octanol–water partition coefficient (Wildman–Crippen LogP) is 4.91. The fourth-order valence-electron chi connectivity index (χ4n) is 3.33. The van der Waals surface area contributed by atoms with E-state index in [1.807, 2.05) is 30.3 Å². The van der Waals surface area contributed by atoms with Crippen molar-refractivity contribution >= 4 is 28.4 Å². The lowest BCUT2D eigenvalue weighted by atomic mass is 10.1. The van der Waals surface area contributed by atoms with Gasteiger partial charge in [-0.25, -0.2) is 9.78 Å². The zero-order valence-corrected chi connectivity index (χ0v) is 18.2. The average Bonchev–Trinajstić information content (AvgIpc) is 2.74. The summed E-state index contributed by atoms with van der Waals surface area (Å²) in [7, 11) is 0. The number of anilines is 1. The van der Waals surface area contributed by atoms with Crippen LogP contribution in [0.3, 0.4) is 0 Å². The number of nitrogens with zero attached hydrogens (tertiary/aromatic N) is 3. The maximum absolute atomic E-state index is 11.6. The summed E-state index contributed by atoms with van der Waals surface area (Å²) >= 11 is 0. The first-order valence-electron chi connectivity index (χ1n) is 10.1. The van der Waals surface area contributed by atoms with E-state index in [1.54, 1.807) is 39.0 Å². The number of hydrogen-bond acceptors (Lipinski definition) is 6. The van der Waals surface area contributed by atoms with Gasteiger partial charge >= 0.3 is 11.8 Å². The second-order valence-corrected chi connectivity index (χ2v) is 8.26. The highest BCUT2D eigenvalue weighted by Crippen LogP contribution is 2.33. The molecule has 0 aliphatic heterocycles. The molecule has 0 aliphatic carbocycles. The van der Waals surface area contributed by atoms with Crippen LogP contribution in [0.5, 0.6) is 5.75 Å². The number of fused-ring (bicyclic) bond motifs is 1. The van der Waals surface area contributed by atoms with Crippen LogP contribution in [0.1, 0.15) is 26.3 Å². The van der Waals surface area contributed by atoms with E-state index in [2.05, 4.69) is 10.3 Å². The molecule has 3 aromatic rings. The summed E-state index contributed by atoms with van der Waals surface area (Å²) in [4.78, 5) is 28.1. The first-order valence-corrected chi connectivity index (χ1v) is 10.1. The second-order valence-electron chi connectivity index (χ2n) is 8.26. The van der Waals surface area contributed by atoms with Gasteiger partial charge in [-0.05, 0) is 38.5 Å². The lowest BCUT2D eigenvalue weighted by Gasteiger charge is -2.33. The van der Waals surface area contributed by atoms with Gasteiger partial charge in [0.25, 0.3) is 0 Å². The van der Waals surface area contributed by atoms with E-state index in [-0.39, 0.29) is 18.8 Å². The monoisotopic (exact) mass is 438 g/mol. The summed E-state index contributed by atoms with van der Waals surface area (Å²) in [5, 5.41) is 24.6. The molecule has 0 unspecified atom stereocenters. The van der Waals surface area contributed by atoms with Crippen LogP contribution in [0.4, 0.5) is 16.2 Å². The molecule has 0 saturated carbocycles.